The number of hydrogen-bond donors (Lipinski definition) is 0. The minimum atomic E-state index is -0.242. The lowest BCUT2D eigenvalue weighted by atomic mass is 9.95. The first-order valence-electron chi connectivity index (χ1n) is 7.58. The van der Waals surface area contributed by atoms with E-state index in [1.54, 1.807) is 12.1 Å². The predicted octanol–water partition coefficient (Wildman–Crippen LogP) is 4.91. The fourth-order valence-electron chi connectivity index (χ4n) is 3.57. The van der Waals surface area contributed by atoms with Gasteiger partial charge in [0.1, 0.15) is 11.0 Å². The van der Waals surface area contributed by atoms with Gasteiger partial charge in [0.15, 0.2) is 0 Å². The molecule has 22 heavy (non-hydrogen) atoms. The SMILES string of the molecule is Cn1c2c(c3cc(Cl)nc(-c4ccc(F)cc4)c31)CCCC2. The van der Waals surface area contributed by atoms with Crippen molar-refractivity contribution in [2.45, 2.75) is 25.7 Å². The molecule has 1 aliphatic carbocycles. The average Bonchev–Trinajstić information content (AvgIpc) is 2.81. The number of benzene rings is 1. The maximum absolute atomic E-state index is 13.2. The fraction of sp³-hybridized carbons (Fsp3) is 0.278. The van der Waals surface area contributed by atoms with E-state index in [0.717, 1.165) is 29.6 Å². The number of halogens is 2. The van der Waals surface area contributed by atoms with Crippen LogP contribution in [0.2, 0.25) is 5.15 Å². The van der Waals surface area contributed by atoms with E-state index in [9.17, 15) is 4.39 Å². The molecule has 2 aromatic heterocycles. The van der Waals surface area contributed by atoms with Gasteiger partial charge in [0.25, 0.3) is 0 Å². The molecule has 1 aliphatic rings. The second-order valence-corrected chi connectivity index (χ2v) is 6.28. The summed E-state index contributed by atoms with van der Waals surface area (Å²) in [5, 5.41) is 1.68. The summed E-state index contributed by atoms with van der Waals surface area (Å²) >= 11 is 6.26. The maximum Gasteiger partial charge on any atom is 0.130 e. The standard InChI is InChI=1S/C18H16ClFN2/c1-22-15-5-3-2-4-13(15)14-10-16(19)21-17(18(14)22)11-6-8-12(20)9-7-11/h6-10H,2-5H2,1H3. The fourth-order valence-corrected chi connectivity index (χ4v) is 3.76. The van der Waals surface area contributed by atoms with Gasteiger partial charge < -0.3 is 4.57 Å². The molecule has 0 atom stereocenters. The van der Waals surface area contributed by atoms with Gasteiger partial charge in [-0.2, -0.15) is 0 Å². The summed E-state index contributed by atoms with van der Waals surface area (Å²) in [6.45, 7) is 0. The Hall–Kier alpha value is -1.87. The smallest absolute Gasteiger partial charge is 0.130 e. The van der Waals surface area contributed by atoms with Crippen LogP contribution in [0.4, 0.5) is 4.39 Å². The molecule has 0 spiro atoms. The molecule has 0 radical (unpaired) electrons. The lowest BCUT2D eigenvalue weighted by Gasteiger charge is -2.13. The van der Waals surface area contributed by atoms with Crippen molar-refractivity contribution in [3.05, 3.63) is 52.6 Å². The Morgan fingerprint density at radius 3 is 2.64 bits per heavy atom. The van der Waals surface area contributed by atoms with Crippen molar-refractivity contribution in [2.75, 3.05) is 0 Å². The molecule has 4 rings (SSSR count). The minimum Gasteiger partial charge on any atom is -0.346 e. The van der Waals surface area contributed by atoms with Crippen LogP contribution in [0, 0.1) is 5.82 Å². The summed E-state index contributed by atoms with van der Waals surface area (Å²) in [5.41, 5.74) is 5.61. The molecule has 0 unspecified atom stereocenters. The van der Waals surface area contributed by atoms with E-state index >= 15 is 0 Å². The normalized spacial score (nSPS) is 14.3. The molecule has 0 saturated carbocycles. The van der Waals surface area contributed by atoms with Crippen molar-refractivity contribution in [3.63, 3.8) is 0 Å². The molecule has 112 valence electrons. The molecule has 2 heterocycles. The van der Waals surface area contributed by atoms with Crippen LogP contribution in [0.25, 0.3) is 22.2 Å². The number of fused-ring (bicyclic) bond motifs is 3. The summed E-state index contributed by atoms with van der Waals surface area (Å²) in [7, 11) is 2.09. The van der Waals surface area contributed by atoms with E-state index in [4.69, 9.17) is 11.6 Å². The van der Waals surface area contributed by atoms with Crippen molar-refractivity contribution >= 4 is 22.5 Å². The van der Waals surface area contributed by atoms with E-state index in [2.05, 4.69) is 16.6 Å². The van der Waals surface area contributed by atoms with Crippen LogP contribution in [0.1, 0.15) is 24.1 Å². The number of hydrogen-bond acceptors (Lipinski definition) is 1. The molecule has 3 aromatic rings. The van der Waals surface area contributed by atoms with Crippen molar-refractivity contribution < 1.29 is 4.39 Å². The third kappa shape index (κ3) is 2.03. The second kappa shape index (κ2) is 5.10. The van der Waals surface area contributed by atoms with E-state index < -0.39 is 0 Å². The van der Waals surface area contributed by atoms with Crippen molar-refractivity contribution in [3.8, 4) is 11.3 Å². The largest absolute Gasteiger partial charge is 0.346 e. The zero-order valence-corrected chi connectivity index (χ0v) is 13.1. The summed E-state index contributed by atoms with van der Waals surface area (Å²) in [6, 6.07) is 8.42. The van der Waals surface area contributed by atoms with Crippen molar-refractivity contribution in [1.82, 2.24) is 9.55 Å². The lowest BCUT2D eigenvalue weighted by molar-refractivity contribution is 0.628. The zero-order valence-electron chi connectivity index (χ0n) is 12.4. The molecule has 4 heteroatoms. The highest BCUT2D eigenvalue weighted by Gasteiger charge is 2.22. The van der Waals surface area contributed by atoms with E-state index in [1.807, 2.05) is 6.07 Å². The van der Waals surface area contributed by atoms with Crippen molar-refractivity contribution in [1.29, 1.82) is 0 Å². The minimum absolute atomic E-state index is 0.242. The van der Waals surface area contributed by atoms with Gasteiger partial charge in [-0.15, -0.1) is 0 Å². The molecule has 1 aromatic carbocycles. The van der Waals surface area contributed by atoms with Gasteiger partial charge in [0.2, 0.25) is 0 Å². The quantitative estimate of drug-likeness (QED) is 0.583. The molecular weight excluding hydrogens is 299 g/mol. The summed E-state index contributed by atoms with van der Waals surface area (Å²) < 4.78 is 15.5. The summed E-state index contributed by atoms with van der Waals surface area (Å²) in [5.74, 6) is -0.242. The van der Waals surface area contributed by atoms with Gasteiger partial charge in [-0.25, -0.2) is 9.37 Å². The topological polar surface area (TPSA) is 17.8 Å². The van der Waals surface area contributed by atoms with Gasteiger partial charge in [0, 0.05) is 23.7 Å². The zero-order chi connectivity index (χ0) is 15.3. The molecular formula is C18H16ClFN2. The molecule has 2 nitrogen and oxygen atoms in total. The molecule has 0 bridgehead atoms. The number of rotatable bonds is 1. The van der Waals surface area contributed by atoms with Gasteiger partial charge in [-0.3, -0.25) is 0 Å². The molecule has 0 N–H and O–H groups in total. The molecule has 0 aliphatic heterocycles. The van der Waals surface area contributed by atoms with Crippen LogP contribution in [0.3, 0.4) is 0 Å². The Bertz CT molecular complexity index is 865. The first kappa shape index (κ1) is 13.8. The Labute approximate surface area is 133 Å². The van der Waals surface area contributed by atoms with Crippen LogP contribution in [0.15, 0.2) is 30.3 Å². The van der Waals surface area contributed by atoms with Crippen LogP contribution in [0.5, 0.6) is 0 Å². The number of aromatic nitrogens is 2. The number of aryl methyl sites for hydroxylation is 2. The Morgan fingerprint density at radius 2 is 1.86 bits per heavy atom. The first-order valence-corrected chi connectivity index (χ1v) is 7.95. The molecule has 0 fully saturated rings. The third-order valence-electron chi connectivity index (χ3n) is 4.58. The van der Waals surface area contributed by atoms with Gasteiger partial charge in [-0.1, -0.05) is 11.6 Å². The highest BCUT2D eigenvalue weighted by atomic mass is 35.5. The highest BCUT2D eigenvalue weighted by molar-refractivity contribution is 6.30. The molecule has 0 saturated heterocycles. The number of pyridine rings is 1. The van der Waals surface area contributed by atoms with E-state index in [-0.39, 0.29) is 5.82 Å². The third-order valence-corrected chi connectivity index (χ3v) is 4.78. The first-order chi connectivity index (χ1) is 10.6. The number of nitrogens with zero attached hydrogens (tertiary/aromatic N) is 2. The molecule has 0 amide bonds. The van der Waals surface area contributed by atoms with Gasteiger partial charge in [0.05, 0.1) is 11.2 Å². The lowest BCUT2D eigenvalue weighted by Crippen LogP contribution is -2.05. The van der Waals surface area contributed by atoms with Crippen LogP contribution < -0.4 is 0 Å². The highest BCUT2D eigenvalue weighted by Crippen LogP contribution is 2.37. The second-order valence-electron chi connectivity index (χ2n) is 5.89. The van der Waals surface area contributed by atoms with Crippen molar-refractivity contribution in [2.24, 2.45) is 7.05 Å². The Kier molecular flexibility index (Phi) is 3.19. The summed E-state index contributed by atoms with van der Waals surface area (Å²) in [6.07, 6.45) is 4.64. The average molecular weight is 315 g/mol. The predicted molar refractivity (Wildman–Crippen MR) is 87.8 cm³/mol. The van der Waals surface area contributed by atoms with Gasteiger partial charge >= 0.3 is 0 Å². The Morgan fingerprint density at radius 1 is 1.14 bits per heavy atom. The van der Waals surface area contributed by atoms with E-state index in [1.165, 1.54) is 41.6 Å². The van der Waals surface area contributed by atoms with Gasteiger partial charge in [-0.05, 0) is 61.6 Å². The van der Waals surface area contributed by atoms with Crippen LogP contribution in [-0.4, -0.2) is 9.55 Å². The van der Waals surface area contributed by atoms with Crippen LogP contribution >= 0.6 is 11.6 Å². The van der Waals surface area contributed by atoms with E-state index in [0.29, 0.717) is 5.15 Å². The van der Waals surface area contributed by atoms with Crippen LogP contribution in [-0.2, 0) is 19.9 Å². The summed E-state index contributed by atoms with van der Waals surface area (Å²) in [4.78, 5) is 4.53. The Balaban J connectivity index is 2.06. The monoisotopic (exact) mass is 314 g/mol. The maximum atomic E-state index is 13.2.